The van der Waals surface area contributed by atoms with Gasteiger partial charge in [0.25, 0.3) is 5.91 Å². The topological polar surface area (TPSA) is 79.2 Å². The summed E-state index contributed by atoms with van der Waals surface area (Å²) in [6, 6.07) is 3.99. The van der Waals surface area contributed by atoms with Crippen molar-refractivity contribution in [2.75, 3.05) is 6.61 Å². The van der Waals surface area contributed by atoms with Crippen molar-refractivity contribution in [1.82, 2.24) is 5.32 Å². The number of carbonyl (C=O) groups is 2. The standard InChI is InChI=1S/C18H24N2O3S/c1-11(2)18(4,10-19)20-16(21)9-23-17(22)15-8-13-7-12(3)5-6-14(13)24-15/h8,11-12H,5-7,9H2,1-4H3,(H,20,21)/t12-,18+/m1/s1. The molecule has 2 rings (SSSR count). The summed E-state index contributed by atoms with van der Waals surface area (Å²) in [6.45, 7) is 7.21. The largest absolute Gasteiger partial charge is 0.451 e. The average molecular weight is 348 g/mol. The molecule has 0 radical (unpaired) electrons. The zero-order valence-electron chi connectivity index (χ0n) is 14.6. The SMILES string of the molecule is CC(C)[C@](C)(C#N)NC(=O)COC(=O)c1cc2c(s1)CC[C@@H](C)C2. The van der Waals surface area contributed by atoms with E-state index in [1.807, 2.05) is 19.9 Å². The molecule has 1 amide bonds. The molecule has 6 heteroatoms. The predicted octanol–water partition coefficient (Wildman–Crippen LogP) is 3.08. The van der Waals surface area contributed by atoms with E-state index in [-0.39, 0.29) is 12.5 Å². The summed E-state index contributed by atoms with van der Waals surface area (Å²) in [7, 11) is 0. The summed E-state index contributed by atoms with van der Waals surface area (Å²) in [6.07, 6.45) is 3.14. The van der Waals surface area contributed by atoms with Crippen LogP contribution in [0, 0.1) is 23.2 Å². The van der Waals surface area contributed by atoms with Crippen LogP contribution in [0.25, 0.3) is 0 Å². The number of nitrogens with one attached hydrogen (secondary N) is 1. The molecule has 0 aliphatic heterocycles. The third-order valence-electron chi connectivity index (χ3n) is 4.65. The van der Waals surface area contributed by atoms with Gasteiger partial charge in [0.1, 0.15) is 10.4 Å². The number of rotatable bonds is 5. The lowest BCUT2D eigenvalue weighted by molar-refractivity contribution is -0.125. The Labute approximate surface area is 147 Å². The Kier molecular flexibility index (Phi) is 5.66. The van der Waals surface area contributed by atoms with Crippen molar-refractivity contribution >= 4 is 23.2 Å². The lowest BCUT2D eigenvalue weighted by atomic mass is 9.90. The van der Waals surface area contributed by atoms with E-state index in [0.29, 0.717) is 10.8 Å². The van der Waals surface area contributed by atoms with Crippen molar-refractivity contribution in [3.63, 3.8) is 0 Å². The molecule has 0 spiro atoms. The maximum Gasteiger partial charge on any atom is 0.348 e. The van der Waals surface area contributed by atoms with Gasteiger partial charge in [0.05, 0.1) is 6.07 Å². The molecular formula is C18H24N2O3S. The Bertz CT molecular complexity index is 674. The summed E-state index contributed by atoms with van der Waals surface area (Å²) in [4.78, 5) is 25.9. The van der Waals surface area contributed by atoms with Gasteiger partial charge in [-0.3, -0.25) is 4.79 Å². The Hall–Kier alpha value is -1.87. The first-order valence-corrected chi connectivity index (χ1v) is 9.07. The molecule has 0 fully saturated rings. The fraction of sp³-hybridized carbons (Fsp3) is 0.611. The number of amides is 1. The molecular weight excluding hydrogens is 324 g/mol. The average Bonchev–Trinajstić information content (AvgIpc) is 2.95. The second-order valence-electron chi connectivity index (χ2n) is 7.00. The van der Waals surface area contributed by atoms with Crippen molar-refractivity contribution in [2.24, 2.45) is 11.8 Å². The van der Waals surface area contributed by atoms with Gasteiger partial charge in [-0.15, -0.1) is 11.3 Å². The molecule has 0 unspecified atom stereocenters. The van der Waals surface area contributed by atoms with E-state index in [1.165, 1.54) is 21.8 Å². The van der Waals surface area contributed by atoms with Gasteiger partial charge in [-0.05, 0) is 49.7 Å². The Morgan fingerprint density at radius 1 is 1.54 bits per heavy atom. The molecule has 130 valence electrons. The maximum absolute atomic E-state index is 12.2. The van der Waals surface area contributed by atoms with E-state index in [0.717, 1.165) is 19.3 Å². The fourth-order valence-electron chi connectivity index (χ4n) is 2.64. The van der Waals surface area contributed by atoms with Gasteiger partial charge in [0.15, 0.2) is 6.61 Å². The van der Waals surface area contributed by atoms with Crippen LogP contribution in [-0.2, 0) is 22.4 Å². The van der Waals surface area contributed by atoms with Gasteiger partial charge in [-0.2, -0.15) is 5.26 Å². The van der Waals surface area contributed by atoms with Gasteiger partial charge in [0, 0.05) is 4.88 Å². The van der Waals surface area contributed by atoms with Gasteiger partial charge in [-0.1, -0.05) is 20.8 Å². The maximum atomic E-state index is 12.2. The lowest BCUT2D eigenvalue weighted by Gasteiger charge is -2.27. The lowest BCUT2D eigenvalue weighted by Crippen LogP contribution is -2.50. The molecule has 1 aliphatic carbocycles. The molecule has 0 saturated heterocycles. The van der Waals surface area contributed by atoms with Crippen LogP contribution in [0.2, 0.25) is 0 Å². The molecule has 1 aliphatic rings. The number of thiophene rings is 1. The minimum Gasteiger partial charge on any atom is -0.451 e. The molecule has 2 atom stereocenters. The van der Waals surface area contributed by atoms with E-state index in [2.05, 4.69) is 18.3 Å². The van der Waals surface area contributed by atoms with Crippen LogP contribution in [0.4, 0.5) is 0 Å². The Balaban J connectivity index is 1.92. The number of nitrogens with zero attached hydrogens (tertiary/aromatic N) is 1. The monoisotopic (exact) mass is 348 g/mol. The number of carbonyl (C=O) groups excluding carboxylic acids is 2. The molecule has 1 aromatic rings. The predicted molar refractivity (Wildman–Crippen MR) is 92.8 cm³/mol. The zero-order chi connectivity index (χ0) is 17.9. The number of hydrogen-bond acceptors (Lipinski definition) is 5. The van der Waals surface area contributed by atoms with Crippen LogP contribution < -0.4 is 5.32 Å². The third kappa shape index (κ3) is 4.15. The van der Waals surface area contributed by atoms with Gasteiger partial charge >= 0.3 is 5.97 Å². The second kappa shape index (κ2) is 7.35. The fourth-order valence-corrected chi connectivity index (χ4v) is 3.74. The molecule has 0 saturated carbocycles. The first-order valence-electron chi connectivity index (χ1n) is 8.26. The van der Waals surface area contributed by atoms with E-state index in [1.54, 1.807) is 6.92 Å². The molecule has 24 heavy (non-hydrogen) atoms. The normalized spacial score (nSPS) is 19.1. The number of hydrogen-bond donors (Lipinski definition) is 1. The van der Waals surface area contributed by atoms with Gasteiger partial charge in [0.2, 0.25) is 0 Å². The summed E-state index contributed by atoms with van der Waals surface area (Å²) in [5.41, 5.74) is 0.258. The summed E-state index contributed by atoms with van der Waals surface area (Å²) >= 11 is 1.46. The van der Waals surface area contributed by atoms with Crippen molar-refractivity contribution in [2.45, 2.75) is 52.5 Å². The minimum absolute atomic E-state index is 0.0480. The summed E-state index contributed by atoms with van der Waals surface area (Å²) in [5.74, 6) is -0.342. The first kappa shape index (κ1) is 18.5. The first-order chi connectivity index (χ1) is 11.2. The van der Waals surface area contributed by atoms with Crippen molar-refractivity contribution in [1.29, 1.82) is 5.26 Å². The quantitative estimate of drug-likeness (QED) is 0.829. The van der Waals surface area contributed by atoms with Crippen molar-refractivity contribution < 1.29 is 14.3 Å². The van der Waals surface area contributed by atoms with E-state index in [4.69, 9.17) is 4.74 Å². The minimum atomic E-state index is -0.971. The highest BCUT2D eigenvalue weighted by Gasteiger charge is 2.30. The highest BCUT2D eigenvalue weighted by atomic mass is 32.1. The number of nitriles is 1. The van der Waals surface area contributed by atoms with Crippen LogP contribution in [0.3, 0.4) is 0 Å². The molecule has 5 nitrogen and oxygen atoms in total. The van der Waals surface area contributed by atoms with Crippen molar-refractivity contribution in [3.8, 4) is 6.07 Å². The number of esters is 1. The molecule has 1 aromatic heterocycles. The summed E-state index contributed by atoms with van der Waals surface area (Å²) < 4.78 is 5.11. The number of ether oxygens (including phenoxy) is 1. The molecule has 0 aromatic carbocycles. The van der Waals surface area contributed by atoms with Gasteiger partial charge in [-0.25, -0.2) is 4.79 Å². The van der Waals surface area contributed by atoms with Crippen LogP contribution in [0.5, 0.6) is 0 Å². The van der Waals surface area contributed by atoms with Crippen LogP contribution >= 0.6 is 11.3 Å². The Morgan fingerprint density at radius 3 is 2.88 bits per heavy atom. The Morgan fingerprint density at radius 2 is 2.25 bits per heavy atom. The number of fused-ring (bicyclic) bond motifs is 1. The van der Waals surface area contributed by atoms with E-state index >= 15 is 0 Å². The molecule has 1 heterocycles. The second-order valence-corrected chi connectivity index (χ2v) is 8.14. The van der Waals surface area contributed by atoms with Crippen LogP contribution in [0.1, 0.15) is 54.2 Å². The smallest absolute Gasteiger partial charge is 0.348 e. The zero-order valence-corrected chi connectivity index (χ0v) is 15.5. The van der Waals surface area contributed by atoms with Crippen molar-refractivity contribution in [3.05, 3.63) is 21.4 Å². The molecule has 1 N–H and O–H groups in total. The highest BCUT2D eigenvalue weighted by Crippen LogP contribution is 2.32. The molecule has 0 bridgehead atoms. The summed E-state index contributed by atoms with van der Waals surface area (Å²) in [5, 5.41) is 11.8. The van der Waals surface area contributed by atoms with E-state index in [9.17, 15) is 14.9 Å². The van der Waals surface area contributed by atoms with Crippen LogP contribution in [0.15, 0.2) is 6.07 Å². The highest BCUT2D eigenvalue weighted by molar-refractivity contribution is 7.14. The van der Waals surface area contributed by atoms with Gasteiger partial charge < -0.3 is 10.1 Å². The van der Waals surface area contributed by atoms with Crippen LogP contribution in [-0.4, -0.2) is 24.0 Å². The number of aryl methyl sites for hydroxylation is 1. The third-order valence-corrected chi connectivity index (χ3v) is 5.87. The van der Waals surface area contributed by atoms with E-state index < -0.39 is 17.4 Å².